The third-order valence-corrected chi connectivity index (χ3v) is 1.68. The molecular weight excluding hydrogens is 146 g/mol. The van der Waals surface area contributed by atoms with Crippen LogP contribution in [-0.2, 0) is 6.42 Å². The Morgan fingerprint density at radius 2 is 2.00 bits per heavy atom. The fourth-order valence-electron chi connectivity index (χ4n) is 1.06. The van der Waals surface area contributed by atoms with Gasteiger partial charge in [0.05, 0.1) is 0 Å². The maximum absolute atomic E-state index is 3.78. The molecule has 1 aromatic carbocycles. The maximum Gasteiger partial charge on any atom is 0.0184 e. The highest BCUT2D eigenvalue weighted by Crippen LogP contribution is 1.98. The van der Waals surface area contributed by atoms with E-state index in [1.807, 2.05) is 13.0 Å². The summed E-state index contributed by atoms with van der Waals surface area (Å²) in [6.45, 7) is 6.72. The molecule has 1 N–H and O–H groups in total. The van der Waals surface area contributed by atoms with Gasteiger partial charge in [-0.2, -0.15) is 0 Å². The monoisotopic (exact) mass is 161 g/mol. The van der Waals surface area contributed by atoms with Crippen LogP contribution in [0.3, 0.4) is 0 Å². The maximum atomic E-state index is 3.78. The Balaban J connectivity index is 2.29. The van der Waals surface area contributed by atoms with Crippen molar-refractivity contribution in [2.45, 2.75) is 13.3 Å². The molecule has 0 saturated heterocycles. The van der Waals surface area contributed by atoms with Gasteiger partial charge < -0.3 is 5.32 Å². The van der Waals surface area contributed by atoms with E-state index in [4.69, 9.17) is 0 Å². The Bertz CT molecular complexity index is 238. The molecule has 0 saturated carbocycles. The van der Waals surface area contributed by atoms with Crippen molar-refractivity contribution < 1.29 is 0 Å². The first-order chi connectivity index (χ1) is 5.79. The molecule has 1 aromatic rings. The highest BCUT2D eigenvalue weighted by Gasteiger charge is 1.89. The first-order valence-electron chi connectivity index (χ1n) is 4.22. The summed E-state index contributed by atoms with van der Waals surface area (Å²) in [6, 6.07) is 10.4. The first-order valence-corrected chi connectivity index (χ1v) is 4.22. The molecule has 0 spiro atoms. The van der Waals surface area contributed by atoms with Gasteiger partial charge in [0.25, 0.3) is 0 Å². The summed E-state index contributed by atoms with van der Waals surface area (Å²) >= 11 is 0. The number of allylic oxidation sites excluding steroid dienone is 1. The predicted octanol–water partition coefficient (Wildman–Crippen LogP) is 2.35. The van der Waals surface area contributed by atoms with E-state index in [0.29, 0.717) is 0 Å². The highest BCUT2D eigenvalue weighted by molar-refractivity contribution is 5.14. The smallest absolute Gasteiger partial charge is 0.0184 e. The SMILES string of the molecule is C=C(C)NCCc1ccccc1. The molecule has 0 aliphatic heterocycles. The van der Waals surface area contributed by atoms with Crippen LogP contribution in [-0.4, -0.2) is 6.54 Å². The Morgan fingerprint density at radius 1 is 1.33 bits per heavy atom. The normalized spacial score (nSPS) is 9.42. The highest BCUT2D eigenvalue weighted by atomic mass is 14.9. The van der Waals surface area contributed by atoms with Gasteiger partial charge in [-0.15, -0.1) is 0 Å². The van der Waals surface area contributed by atoms with E-state index in [0.717, 1.165) is 18.7 Å². The predicted molar refractivity (Wildman–Crippen MR) is 53.0 cm³/mol. The molecule has 0 aromatic heterocycles. The number of hydrogen-bond acceptors (Lipinski definition) is 1. The second-order valence-corrected chi connectivity index (χ2v) is 2.94. The number of rotatable bonds is 4. The summed E-state index contributed by atoms with van der Waals surface area (Å²) in [5.74, 6) is 0. The van der Waals surface area contributed by atoms with E-state index in [1.54, 1.807) is 0 Å². The van der Waals surface area contributed by atoms with Gasteiger partial charge in [0.2, 0.25) is 0 Å². The molecule has 64 valence electrons. The second-order valence-electron chi connectivity index (χ2n) is 2.94. The van der Waals surface area contributed by atoms with Crippen molar-refractivity contribution in [2.75, 3.05) is 6.54 Å². The summed E-state index contributed by atoms with van der Waals surface area (Å²) in [6.07, 6.45) is 1.06. The Morgan fingerprint density at radius 3 is 2.58 bits per heavy atom. The van der Waals surface area contributed by atoms with Crippen LogP contribution in [0.4, 0.5) is 0 Å². The molecule has 0 heterocycles. The van der Waals surface area contributed by atoms with Crippen LogP contribution in [0.2, 0.25) is 0 Å². The van der Waals surface area contributed by atoms with Crippen molar-refractivity contribution in [3.8, 4) is 0 Å². The van der Waals surface area contributed by atoms with Gasteiger partial charge in [-0.3, -0.25) is 0 Å². The van der Waals surface area contributed by atoms with E-state index in [-0.39, 0.29) is 0 Å². The summed E-state index contributed by atoms with van der Waals surface area (Å²) in [5, 5.41) is 3.20. The zero-order valence-corrected chi connectivity index (χ0v) is 7.51. The van der Waals surface area contributed by atoms with E-state index in [1.165, 1.54) is 5.56 Å². The minimum Gasteiger partial charge on any atom is -0.389 e. The van der Waals surface area contributed by atoms with Crippen LogP contribution in [0.15, 0.2) is 42.6 Å². The molecule has 1 heteroatoms. The van der Waals surface area contributed by atoms with Crippen molar-refractivity contribution in [3.63, 3.8) is 0 Å². The molecule has 0 amide bonds. The van der Waals surface area contributed by atoms with Crippen LogP contribution < -0.4 is 5.32 Å². The van der Waals surface area contributed by atoms with Crippen molar-refractivity contribution >= 4 is 0 Å². The number of nitrogens with one attached hydrogen (secondary N) is 1. The quantitative estimate of drug-likeness (QED) is 0.714. The Hall–Kier alpha value is -1.24. The molecule has 1 rings (SSSR count). The van der Waals surface area contributed by atoms with E-state index in [9.17, 15) is 0 Å². The van der Waals surface area contributed by atoms with Gasteiger partial charge in [0, 0.05) is 12.2 Å². The van der Waals surface area contributed by atoms with Crippen LogP contribution >= 0.6 is 0 Å². The molecule has 0 aliphatic rings. The van der Waals surface area contributed by atoms with Gasteiger partial charge in [-0.25, -0.2) is 0 Å². The Labute approximate surface area is 74.1 Å². The van der Waals surface area contributed by atoms with Crippen LogP contribution in [0.5, 0.6) is 0 Å². The average molecular weight is 161 g/mol. The zero-order valence-electron chi connectivity index (χ0n) is 7.51. The molecule has 0 unspecified atom stereocenters. The van der Waals surface area contributed by atoms with Gasteiger partial charge in [0.1, 0.15) is 0 Å². The lowest BCUT2D eigenvalue weighted by molar-refractivity contribution is 0.791. The third-order valence-electron chi connectivity index (χ3n) is 1.68. The van der Waals surface area contributed by atoms with E-state index >= 15 is 0 Å². The summed E-state index contributed by atoms with van der Waals surface area (Å²) in [7, 11) is 0. The largest absolute Gasteiger partial charge is 0.389 e. The van der Waals surface area contributed by atoms with Crippen LogP contribution in [0.25, 0.3) is 0 Å². The molecule has 12 heavy (non-hydrogen) atoms. The zero-order chi connectivity index (χ0) is 8.81. The van der Waals surface area contributed by atoms with Crippen molar-refractivity contribution in [1.29, 1.82) is 0 Å². The second kappa shape index (κ2) is 4.60. The third kappa shape index (κ3) is 3.24. The molecule has 0 aliphatic carbocycles. The minimum absolute atomic E-state index is 0.972. The van der Waals surface area contributed by atoms with Crippen LogP contribution in [0.1, 0.15) is 12.5 Å². The lowest BCUT2D eigenvalue weighted by atomic mass is 10.1. The number of hydrogen-bond donors (Lipinski definition) is 1. The standard InChI is InChI=1S/C11H15N/c1-10(2)12-9-8-11-6-4-3-5-7-11/h3-7,12H,1,8-9H2,2H3. The molecule has 0 radical (unpaired) electrons. The van der Waals surface area contributed by atoms with E-state index < -0.39 is 0 Å². The number of benzene rings is 1. The summed E-state index contributed by atoms with van der Waals surface area (Å²) in [5.41, 5.74) is 2.40. The van der Waals surface area contributed by atoms with Crippen molar-refractivity contribution in [2.24, 2.45) is 0 Å². The molecule has 0 fully saturated rings. The van der Waals surface area contributed by atoms with Crippen molar-refractivity contribution in [3.05, 3.63) is 48.2 Å². The van der Waals surface area contributed by atoms with Crippen LogP contribution in [0, 0.1) is 0 Å². The van der Waals surface area contributed by atoms with Gasteiger partial charge in [0.15, 0.2) is 0 Å². The molecular formula is C11H15N. The first kappa shape index (κ1) is 8.85. The fraction of sp³-hybridized carbons (Fsp3) is 0.273. The summed E-state index contributed by atoms with van der Waals surface area (Å²) in [4.78, 5) is 0. The minimum atomic E-state index is 0.972. The van der Waals surface area contributed by atoms with Gasteiger partial charge in [-0.1, -0.05) is 36.9 Å². The molecule has 1 nitrogen and oxygen atoms in total. The topological polar surface area (TPSA) is 12.0 Å². The lowest BCUT2D eigenvalue weighted by Gasteiger charge is -2.04. The van der Waals surface area contributed by atoms with Crippen molar-refractivity contribution in [1.82, 2.24) is 5.32 Å². The van der Waals surface area contributed by atoms with Gasteiger partial charge in [-0.05, 0) is 18.9 Å². The molecule has 0 atom stereocenters. The molecule has 0 bridgehead atoms. The van der Waals surface area contributed by atoms with Gasteiger partial charge >= 0.3 is 0 Å². The van der Waals surface area contributed by atoms with E-state index in [2.05, 4.69) is 36.2 Å². The fourth-order valence-corrected chi connectivity index (χ4v) is 1.06. The average Bonchev–Trinajstić information content (AvgIpc) is 2.05. The lowest BCUT2D eigenvalue weighted by Crippen LogP contribution is -2.13. The Kier molecular flexibility index (Phi) is 3.39. The summed E-state index contributed by atoms with van der Waals surface area (Å²) < 4.78 is 0.